The summed E-state index contributed by atoms with van der Waals surface area (Å²) >= 11 is 3.86. The largest absolute Gasteiger partial charge is 0.480 e. The van der Waals surface area contributed by atoms with Crippen LogP contribution < -0.4 is 11.3 Å². The third-order valence-corrected chi connectivity index (χ3v) is 3.23. The van der Waals surface area contributed by atoms with Gasteiger partial charge in [-0.3, -0.25) is 14.0 Å². The molecular formula is C5H5BrN2O3S. The fourth-order valence-electron chi connectivity index (χ4n) is 0.615. The van der Waals surface area contributed by atoms with Gasteiger partial charge in [-0.2, -0.15) is 0 Å². The number of nitrogens with two attached hydrogens (primary N) is 1. The minimum atomic E-state index is -1.16. The lowest BCUT2D eigenvalue weighted by Gasteiger charge is -2.01. The van der Waals surface area contributed by atoms with Crippen LogP contribution in [0, 0.1) is 0 Å². The molecule has 1 aromatic rings. The van der Waals surface area contributed by atoms with Gasteiger partial charge in [-0.05, 0) is 15.9 Å². The number of aromatic nitrogens is 1. The number of rotatable bonds is 2. The maximum atomic E-state index is 10.8. The zero-order chi connectivity index (χ0) is 9.30. The predicted octanol–water partition coefficient (Wildman–Crippen LogP) is 0.283. The van der Waals surface area contributed by atoms with Crippen LogP contribution in [0.5, 0.6) is 0 Å². The van der Waals surface area contributed by atoms with Gasteiger partial charge in [-0.25, -0.2) is 0 Å². The quantitative estimate of drug-likeness (QED) is 0.705. The number of H-pyrrole nitrogens is 1. The van der Waals surface area contributed by atoms with E-state index in [1.54, 1.807) is 0 Å². The molecule has 0 aliphatic rings. The molecule has 0 spiro atoms. The van der Waals surface area contributed by atoms with Gasteiger partial charge in [-0.15, -0.1) is 0 Å². The number of carboxylic acid groups (broad SMARTS) is 1. The van der Waals surface area contributed by atoms with Crippen molar-refractivity contribution in [3.63, 3.8) is 0 Å². The number of nitrogens with one attached hydrogen (secondary N) is 1. The second-order valence-electron chi connectivity index (χ2n) is 2.03. The Labute approximate surface area is 79.5 Å². The van der Waals surface area contributed by atoms with Gasteiger partial charge in [0.25, 0.3) is 5.56 Å². The molecule has 0 aliphatic heterocycles. The average Bonchev–Trinajstić information content (AvgIpc) is 2.32. The molecule has 66 valence electrons. The monoisotopic (exact) mass is 252 g/mol. The van der Waals surface area contributed by atoms with Crippen molar-refractivity contribution in [2.75, 3.05) is 0 Å². The highest BCUT2D eigenvalue weighted by atomic mass is 79.9. The van der Waals surface area contributed by atoms with Crippen molar-refractivity contribution in [1.29, 1.82) is 0 Å². The second kappa shape index (κ2) is 3.38. The maximum absolute atomic E-state index is 10.8. The van der Waals surface area contributed by atoms with Crippen LogP contribution in [0.3, 0.4) is 0 Å². The molecule has 12 heavy (non-hydrogen) atoms. The van der Waals surface area contributed by atoms with Gasteiger partial charge in [0.2, 0.25) is 0 Å². The molecular weight excluding hydrogens is 248 g/mol. The fraction of sp³-hybridized carbons (Fsp3) is 0.200. The van der Waals surface area contributed by atoms with Crippen molar-refractivity contribution < 1.29 is 9.90 Å². The first-order chi connectivity index (χ1) is 5.54. The van der Waals surface area contributed by atoms with Crippen molar-refractivity contribution >= 4 is 33.4 Å². The first-order valence-electron chi connectivity index (χ1n) is 2.89. The van der Waals surface area contributed by atoms with Gasteiger partial charge in [0.15, 0.2) is 0 Å². The minimum Gasteiger partial charge on any atom is -0.480 e. The lowest BCUT2D eigenvalue weighted by atomic mass is 10.3. The molecule has 5 nitrogen and oxygen atoms in total. The molecule has 0 fully saturated rings. The molecule has 0 saturated carbocycles. The van der Waals surface area contributed by atoms with Crippen molar-refractivity contribution in [1.82, 2.24) is 4.37 Å². The van der Waals surface area contributed by atoms with Crippen molar-refractivity contribution in [3.05, 3.63) is 19.7 Å². The number of carboxylic acids is 1. The summed E-state index contributed by atoms with van der Waals surface area (Å²) in [6.07, 6.45) is 0. The summed E-state index contributed by atoms with van der Waals surface area (Å²) in [5, 5.41) is 8.51. The number of aromatic amines is 1. The van der Waals surface area contributed by atoms with Crippen molar-refractivity contribution in [3.8, 4) is 0 Å². The van der Waals surface area contributed by atoms with Crippen LogP contribution in [0.15, 0.2) is 9.27 Å². The Morgan fingerprint density at radius 1 is 1.75 bits per heavy atom. The van der Waals surface area contributed by atoms with Crippen LogP contribution in [-0.2, 0) is 4.79 Å². The molecule has 0 saturated heterocycles. The van der Waals surface area contributed by atoms with E-state index >= 15 is 0 Å². The van der Waals surface area contributed by atoms with Gasteiger partial charge in [-0.1, -0.05) is 11.5 Å². The van der Waals surface area contributed by atoms with Crippen molar-refractivity contribution in [2.45, 2.75) is 6.04 Å². The number of carbonyl (C=O) groups is 1. The maximum Gasteiger partial charge on any atom is 0.326 e. The van der Waals surface area contributed by atoms with E-state index in [1.807, 2.05) is 0 Å². The molecule has 0 radical (unpaired) electrons. The summed E-state index contributed by atoms with van der Waals surface area (Å²) in [4.78, 5) is 21.5. The molecule has 4 N–H and O–H groups in total. The lowest BCUT2D eigenvalue weighted by molar-refractivity contribution is -0.138. The Morgan fingerprint density at radius 3 is 2.67 bits per heavy atom. The molecule has 1 atom stereocenters. The number of aliphatic carboxylic acids is 1. The highest BCUT2D eigenvalue weighted by Gasteiger charge is 2.20. The van der Waals surface area contributed by atoms with Crippen LogP contribution in [0.2, 0.25) is 0 Å². The van der Waals surface area contributed by atoms with Crippen molar-refractivity contribution in [2.24, 2.45) is 5.73 Å². The topological polar surface area (TPSA) is 96.2 Å². The van der Waals surface area contributed by atoms with Gasteiger partial charge in [0, 0.05) is 0 Å². The molecule has 1 aromatic heterocycles. The van der Waals surface area contributed by atoms with E-state index in [-0.39, 0.29) is 10.0 Å². The summed E-state index contributed by atoms with van der Waals surface area (Å²) in [5.74, 6) is -1.16. The zero-order valence-corrected chi connectivity index (χ0v) is 8.11. The first-order valence-corrected chi connectivity index (χ1v) is 4.50. The van der Waals surface area contributed by atoms with Crippen LogP contribution in [0.1, 0.15) is 10.9 Å². The predicted molar refractivity (Wildman–Crippen MR) is 47.2 cm³/mol. The standard InChI is InChI=1S/C5H5BrN2O3S/c6-1-3(2(7)5(10)11)12-8-4(1)9/h2H,7H2,(H,8,9)(H,10,11). The fourth-order valence-corrected chi connectivity index (χ4v) is 2.05. The van der Waals surface area contributed by atoms with Gasteiger partial charge >= 0.3 is 5.97 Å². The molecule has 1 rings (SSSR count). The summed E-state index contributed by atoms with van der Waals surface area (Å²) in [7, 11) is 0. The third kappa shape index (κ3) is 1.57. The highest BCUT2D eigenvalue weighted by molar-refractivity contribution is 9.10. The van der Waals surface area contributed by atoms with E-state index in [4.69, 9.17) is 10.8 Å². The zero-order valence-electron chi connectivity index (χ0n) is 5.70. The normalized spacial score (nSPS) is 12.8. The van der Waals surface area contributed by atoms with E-state index in [0.29, 0.717) is 4.88 Å². The third-order valence-electron chi connectivity index (χ3n) is 1.22. The van der Waals surface area contributed by atoms with E-state index in [9.17, 15) is 9.59 Å². The Bertz CT molecular complexity index is 358. The molecule has 0 bridgehead atoms. The molecule has 0 aliphatic carbocycles. The van der Waals surface area contributed by atoms with Crippen LogP contribution >= 0.6 is 27.5 Å². The Kier molecular flexibility index (Phi) is 2.65. The number of halogens is 1. The van der Waals surface area contributed by atoms with Gasteiger partial charge in [0.05, 0.1) is 4.88 Å². The first kappa shape index (κ1) is 9.43. The second-order valence-corrected chi connectivity index (χ2v) is 3.67. The molecule has 0 aromatic carbocycles. The number of hydrogen-bond acceptors (Lipinski definition) is 4. The SMILES string of the molecule is NC(C(=O)O)c1s[nH]c(=O)c1Br. The van der Waals surface area contributed by atoms with Gasteiger partial charge in [0.1, 0.15) is 10.5 Å². The summed E-state index contributed by atoms with van der Waals surface area (Å²) in [5.41, 5.74) is 4.92. The molecule has 1 heterocycles. The van der Waals surface area contributed by atoms with E-state index in [1.165, 1.54) is 0 Å². The lowest BCUT2D eigenvalue weighted by Crippen LogP contribution is -2.20. The van der Waals surface area contributed by atoms with Gasteiger partial charge < -0.3 is 10.8 Å². The Morgan fingerprint density at radius 2 is 2.33 bits per heavy atom. The highest BCUT2D eigenvalue weighted by Crippen LogP contribution is 2.21. The van der Waals surface area contributed by atoms with Crippen LogP contribution in [-0.4, -0.2) is 15.4 Å². The molecule has 1 unspecified atom stereocenters. The summed E-state index contributed by atoms with van der Waals surface area (Å²) in [6.45, 7) is 0. The van der Waals surface area contributed by atoms with E-state index in [2.05, 4.69) is 20.3 Å². The average molecular weight is 253 g/mol. The van der Waals surface area contributed by atoms with Crippen LogP contribution in [0.25, 0.3) is 0 Å². The summed E-state index contributed by atoms with van der Waals surface area (Å²) < 4.78 is 2.57. The van der Waals surface area contributed by atoms with E-state index in [0.717, 1.165) is 11.5 Å². The molecule has 7 heteroatoms. The smallest absolute Gasteiger partial charge is 0.326 e. The Balaban J connectivity index is 3.11. The van der Waals surface area contributed by atoms with Crippen LogP contribution in [0.4, 0.5) is 0 Å². The number of hydrogen-bond donors (Lipinski definition) is 3. The Hall–Kier alpha value is -0.660. The van der Waals surface area contributed by atoms with E-state index < -0.39 is 12.0 Å². The summed E-state index contributed by atoms with van der Waals surface area (Å²) in [6, 6.07) is -1.15. The minimum absolute atomic E-state index is 0.197. The molecule has 0 amide bonds.